The van der Waals surface area contributed by atoms with Crippen molar-refractivity contribution in [3.8, 4) is 28.4 Å². The van der Waals surface area contributed by atoms with Crippen molar-refractivity contribution in [2.24, 2.45) is 0 Å². The molecule has 0 unspecified atom stereocenters. The van der Waals surface area contributed by atoms with Crippen LogP contribution in [0.15, 0.2) is 51.9 Å². The minimum absolute atomic E-state index is 0.127. The van der Waals surface area contributed by atoms with Gasteiger partial charge in [0.15, 0.2) is 16.9 Å². The van der Waals surface area contributed by atoms with Gasteiger partial charge in [-0.15, -0.1) is 0 Å². The molecular weight excluding hydrogens is 424 g/mol. The Balaban J connectivity index is 1.43. The zero-order valence-electron chi connectivity index (χ0n) is 16.6. The molecule has 1 aromatic heterocycles. The Morgan fingerprint density at radius 3 is 2.59 bits per heavy atom. The molecule has 0 aliphatic carbocycles. The summed E-state index contributed by atoms with van der Waals surface area (Å²) in [7, 11) is 0. The summed E-state index contributed by atoms with van der Waals surface area (Å²) < 4.78 is 27.2. The molecule has 2 aliphatic heterocycles. The molecule has 168 valence electrons. The lowest BCUT2D eigenvalue weighted by Crippen LogP contribution is -2.60. The second kappa shape index (κ2) is 8.08. The fourth-order valence-corrected chi connectivity index (χ4v) is 3.74. The average molecular weight is 444 g/mol. The molecule has 10 nitrogen and oxygen atoms in total. The standard InChI is InChI=1S/C22H20O10/c23-7-17-19(25)20(26)21(27)22(32-17)31-11-2-3-12-15(6-11)28-8-13(18(12)24)10-1-4-14-16(5-10)30-9-29-14/h1-6,8,17,19-23,25-27H,7,9H2/t17-,19+,20+,21-,22-/m1/s1. The molecule has 3 heterocycles. The maximum Gasteiger partial charge on any atom is 0.231 e. The molecule has 32 heavy (non-hydrogen) atoms. The van der Waals surface area contributed by atoms with E-state index in [1.165, 1.54) is 24.5 Å². The van der Waals surface area contributed by atoms with E-state index in [9.17, 15) is 25.2 Å². The summed E-state index contributed by atoms with van der Waals surface area (Å²) in [4.78, 5) is 13.0. The van der Waals surface area contributed by atoms with Crippen molar-refractivity contribution in [2.45, 2.75) is 30.7 Å². The molecular formula is C22H20O10. The first-order valence-electron chi connectivity index (χ1n) is 9.89. The Morgan fingerprint density at radius 2 is 1.78 bits per heavy atom. The van der Waals surface area contributed by atoms with Crippen LogP contribution in [0.3, 0.4) is 0 Å². The van der Waals surface area contributed by atoms with E-state index in [4.69, 9.17) is 23.4 Å². The van der Waals surface area contributed by atoms with Gasteiger partial charge in [-0.1, -0.05) is 6.07 Å². The molecule has 5 rings (SSSR count). The summed E-state index contributed by atoms with van der Waals surface area (Å²) in [5.74, 6) is 1.35. The van der Waals surface area contributed by atoms with Crippen molar-refractivity contribution < 1.29 is 43.8 Å². The summed E-state index contributed by atoms with van der Waals surface area (Å²) in [6, 6.07) is 9.61. The van der Waals surface area contributed by atoms with Crippen molar-refractivity contribution in [1.82, 2.24) is 0 Å². The van der Waals surface area contributed by atoms with Crippen LogP contribution in [-0.2, 0) is 4.74 Å². The molecule has 0 amide bonds. The van der Waals surface area contributed by atoms with Crippen molar-refractivity contribution in [3.05, 3.63) is 52.9 Å². The molecule has 0 spiro atoms. The highest BCUT2D eigenvalue weighted by atomic mass is 16.7. The summed E-state index contributed by atoms with van der Waals surface area (Å²) in [5.41, 5.74) is 0.941. The molecule has 0 radical (unpaired) electrons. The van der Waals surface area contributed by atoms with Crippen LogP contribution in [0, 0.1) is 0 Å². The largest absolute Gasteiger partial charge is 0.463 e. The quantitative estimate of drug-likeness (QED) is 0.445. The Hall–Kier alpha value is -3.15. The SMILES string of the molecule is O=c1c(-c2ccc3c(c2)OCO3)coc2cc(O[C@@H]3O[C@H](CO)[C@H](O)[C@H](O)[C@H]3O)ccc12. The highest BCUT2D eigenvalue weighted by Gasteiger charge is 2.44. The molecule has 3 aromatic rings. The van der Waals surface area contributed by atoms with Crippen LogP contribution < -0.4 is 19.6 Å². The van der Waals surface area contributed by atoms with E-state index in [0.29, 0.717) is 28.0 Å². The third-order valence-corrected chi connectivity index (χ3v) is 5.53. The number of fused-ring (bicyclic) bond motifs is 2. The van der Waals surface area contributed by atoms with Gasteiger partial charge in [0.1, 0.15) is 42.0 Å². The Labute approximate surface area is 180 Å². The second-order valence-electron chi connectivity index (χ2n) is 7.52. The minimum Gasteiger partial charge on any atom is -0.463 e. The zero-order valence-corrected chi connectivity index (χ0v) is 16.6. The number of hydrogen-bond donors (Lipinski definition) is 4. The van der Waals surface area contributed by atoms with Crippen molar-refractivity contribution in [3.63, 3.8) is 0 Å². The van der Waals surface area contributed by atoms with Gasteiger partial charge in [-0.25, -0.2) is 0 Å². The predicted molar refractivity (Wildman–Crippen MR) is 108 cm³/mol. The first-order valence-corrected chi connectivity index (χ1v) is 9.89. The molecule has 2 aromatic carbocycles. The van der Waals surface area contributed by atoms with E-state index >= 15 is 0 Å². The van der Waals surface area contributed by atoms with Gasteiger partial charge in [0.25, 0.3) is 0 Å². The number of rotatable bonds is 4. The van der Waals surface area contributed by atoms with Crippen LogP contribution in [0.2, 0.25) is 0 Å². The third-order valence-electron chi connectivity index (χ3n) is 5.53. The summed E-state index contributed by atoms with van der Waals surface area (Å²) in [5, 5.41) is 39.5. The van der Waals surface area contributed by atoms with Gasteiger partial charge in [0.2, 0.25) is 13.1 Å². The maximum atomic E-state index is 13.0. The number of hydrogen-bond acceptors (Lipinski definition) is 10. The summed E-state index contributed by atoms with van der Waals surface area (Å²) >= 11 is 0. The van der Waals surface area contributed by atoms with Gasteiger partial charge in [-0.3, -0.25) is 4.79 Å². The smallest absolute Gasteiger partial charge is 0.231 e. The molecule has 5 atom stereocenters. The summed E-state index contributed by atoms with van der Waals surface area (Å²) in [6.45, 7) is -0.442. The fraction of sp³-hybridized carbons (Fsp3) is 0.318. The lowest BCUT2D eigenvalue weighted by atomic mass is 9.99. The van der Waals surface area contributed by atoms with E-state index in [1.807, 2.05) is 0 Å². The van der Waals surface area contributed by atoms with Gasteiger partial charge in [0.05, 0.1) is 17.6 Å². The van der Waals surface area contributed by atoms with Crippen LogP contribution in [0.25, 0.3) is 22.1 Å². The molecule has 1 saturated heterocycles. The third kappa shape index (κ3) is 3.48. The normalized spacial score (nSPS) is 26.9. The van der Waals surface area contributed by atoms with Gasteiger partial charge in [-0.2, -0.15) is 0 Å². The first-order chi connectivity index (χ1) is 15.5. The molecule has 4 N–H and O–H groups in total. The molecule has 1 fully saturated rings. The molecule has 0 bridgehead atoms. The number of aliphatic hydroxyl groups is 4. The molecule has 10 heteroatoms. The number of aliphatic hydroxyl groups excluding tert-OH is 4. The van der Waals surface area contributed by atoms with E-state index in [-0.39, 0.29) is 23.6 Å². The van der Waals surface area contributed by atoms with Crippen LogP contribution in [0.1, 0.15) is 0 Å². The second-order valence-corrected chi connectivity index (χ2v) is 7.52. The van der Waals surface area contributed by atoms with Crippen molar-refractivity contribution in [2.75, 3.05) is 13.4 Å². The van der Waals surface area contributed by atoms with E-state index in [1.54, 1.807) is 18.2 Å². The lowest BCUT2D eigenvalue weighted by Gasteiger charge is -2.39. The minimum atomic E-state index is -1.56. The van der Waals surface area contributed by atoms with E-state index in [0.717, 1.165) is 0 Å². The van der Waals surface area contributed by atoms with Crippen molar-refractivity contribution in [1.29, 1.82) is 0 Å². The molecule has 0 saturated carbocycles. The predicted octanol–water partition coefficient (Wildman–Crippen LogP) is 0.367. The summed E-state index contributed by atoms with van der Waals surface area (Å²) in [6.07, 6.45) is -5.71. The van der Waals surface area contributed by atoms with Crippen molar-refractivity contribution >= 4 is 11.0 Å². The lowest BCUT2D eigenvalue weighted by molar-refractivity contribution is -0.277. The van der Waals surface area contributed by atoms with Crippen LogP contribution in [0.5, 0.6) is 17.2 Å². The zero-order chi connectivity index (χ0) is 22.4. The molecule has 2 aliphatic rings. The average Bonchev–Trinajstić information content (AvgIpc) is 3.27. The Bertz CT molecular complexity index is 1200. The first kappa shape index (κ1) is 20.7. The van der Waals surface area contributed by atoms with E-state index < -0.39 is 37.3 Å². The Kier molecular flexibility index (Phi) is 5.24. The highest BCUT2D eigenvalue weighted by Crippen LogP contribution is 2.35. The van der Waals surface area contributed by atoms with E-state index in [2.05, 4.69) is 0 Å². The van der Waals surface area contributed by atoms with Crippen LogP contribution in [0.4, 0.5) is 0 Å². The topological polar surface area (TPSA) is 148 Å². The van der Waals surface area contributed by atoms with Crippen LogP contribution >= 0.6 is 0 Å². The fourth-order valence-electron chi connectivity index (χ4n) is 3.74. The van der Waals surface area contributed by atoms with Gasteiger partial charge >= 0.3 is 0 Å². The Morgan fingerprint density at radius 1 is 0.969 bits per heavy atom. The number of ether oxygens (including phenoxy) is 4. The monoisotopic (exact) mass is 444 g/mol. The number of benzene rings is 2. The highest BCUT2D eigenvalue weighted by molar-refractivity contribution is 5.83. The maximum absolute atomic E-state index is 13.0. The van der Waals surface area contributed by atoms with Gasteiger partial charge < -0.3 is 43.8 Å². The van der Waals surface area contributed by atoms with Gasteiger partial charge in [-0.05, 0) is 29.8 Å². The van der Waals surface area contributed by atoms with Crippen LogP contribution in [-0.4, -0.2) is 64.5 Å². The van der Waals surface area contributed by atoms with Gasteiger partial charge in [0, 0.05) is 6.07 Å².